The number of amides is 1. The van der Waals surface area contributed by atoms with Crippen LogP contribution in [-0.2, 0) is 17.6 Å². The fourth-order valence-electron chi connectivity index (χ4n) is 2.08. The number of rotatable bonds is 7. The molecule has 0 bridgehead atoms. The number of anilines is 2. The zero-order chi connectivity index (χ0) is 15.9. The van der Waals surface area contributed by atoms with Crippen LogP contribution in [0.5, 0.6) is 0 Å². The summed E-state index contributed by atoms with van der Waals surface area (Å²) in [5, 5.41) is 14.7. The second-order valence-corrected chi connectivity index (χ2v) is 6.82. The second-order valence-electron chi connectivity index (χ2n) is 4.62. The lowest BCUT2D eigenvalue weighted by atomic mass is 10.0. The maximum atomic E-state index is 12.2. The lowest BCUT2D eigenvalue weighted by Gasteiger charge is -2.14. The number of carbonyl (C=O) groups is 1. The van der Waals surface area contributed by atoms with E-state index in [0.29, 0.717) is 5.75 Å². The number of aryl methyl sites for hydroxylation is 2. The van der Waals surface area contributed by atoms with Gasteiger partial charge in [0.15, 0.2) is 4.34 Å². The topological polar surface area (TPSA) is 66.9 Å². The summed E-state index contributed by atoms with van der Waals surface area (Å²) in [7, 11) is 1.80. The lowest BCUT2D eigenvalue weighted by molar-refractivity contribution is -0.113. The van der Waals surface area contributed by atoms with Gasteiger partial charge in [-0.2, -0.15) is 0 Å². The normalized spacial score (nSPS) is 10.5. The molecule has 1 aromatic heterocycles. The maximum absolute atomic E-state index is 12.2. The molecule has 0 aliphatic carbocycles. The first kappa shape index (κ1) is 16.8. The van der Waals surface area contributed by atoms with Crippen LogP contribution >= 0.6 is 23.1 Å². The summed E-state index contributed by atoms with van der Waals surface area (Å²) < 4.78 is 0.791. The van der Waals surface area contributed by atoms with E-state index in [1.54, 1.807) is 7.05 Å². The summed E-state index contributed by atoms with van der Waals surface area (Å²) in [4.78, 5) is 12.2. The summed E-state index contributed by atoms with van der Waals surface area (Å²) in [6.45, 7) is 4.19. The Hall–Kier alpha value is -1.60. The van der Waals surface area contributed by atoms with Crippen LogP contribution in [0.15, 0.2) is 22.5 Å². The molecule has 1 amide bonds. The molecule has 0 atom stereocenters. The quantitative estimate of drug-likeness (QED) is 0.758. The first-order valence-corrected chi connectivity index (χ1v) is 9.02. The van der Waals surface area contributed by atoms with Gasteiger partial charge in [-0.25, -0.2) is 0 Å². The summed E-state index contributed by atoms with van der Waals surface area (Å²) in [5.74, 6) is 0.321. The van der Waals surface area contributed by atoms with Crippen LogP contribution in [0.2, 0.25) is 0 Å². The average Bonchev–Trinajstić information content (AvgIpc) is 3.01. The van der Waals surface area contributed by atoms with E-state index in [9.17, 15) is 4.79 Å². The van der Waals surface area contributed by atoms with Crippen molar-refractivity contribution in [1.82, 2.24) is 10.2 Å². The predicted octanol–water partition coefficient (Wildman–Crippen LogP) is 3.44. The number of hydrogen-bond donors (Lipinski definition) is 2. The number of hydrogen-bond acceptors (Lipinski definition) is 6. The number of para-hydroxylation sites is 1. The molecule has 2 rings (SSSR count). The lowest BCUT2D eigenvalue weighted by Crippen LogP contribution is -2.16. The Labute approximate surface area is 138 Å². The number of carbonyl (C=O) groups excluding carboxylic acids is 1. The summed E-state index contributed by atoms with van der Waals surface area (Å²) in [5.41, 5.74) is 3.31. The molecule has 5 nitrogen and oxygen atoms in total. The molecule has 2 N–H and O–H groups in total. The number of thioether (sulfide) groups is 1. The maximum Gasteiger partial charge on any atom is 0.234 e. The van der Waals surface area contributed by atoms with Crippen molar-refractivity contribution in [3.8, 4) is 0 Å². The monoisotopic (exact) mass is 336 g/mol. The Morgan fingerprint density at radius 3 is 2.45 bits per heavy atom. The molecular weight excluding hydrogens is 316 g/mol. The Bertz CT molecular complexity index is 620. The Balaban J connectivity index is 2.00. The van der Waals surface area contributed by atoms with Gasteiger partial charge in [0.05, 0.1) is 5.75 Å². The molecular formula is C15H20N4OS2. The van der Waals surface area contributed by atoms with E-state index in [0.717, 1.165) is 28.0 Å². The van der Waals surface area contributed by atoms with Gasteiger partial charge in [0.25, 0.3) is 0 Å². The van der Waals surface area contributed by atoms with E-state index in [4.69, 9.17) is 0 Å². The van der Waals surface area contributed by atoms with E-state index >= 15 is 0 Å². The van der Waals surface area contributed by atoms with Crippen LogP contribution in [0.3, 0.4) is 0 Å². The molecule has 0 radical (unpaired) electrons. The van der Waals surface area contributed by atoms with E-state index in [-0.39, 0.29) is 5.91 Å². The van der Waals surface area contributed by atoms with Gasteiger partial charge in [-0.1, -0.05) is 55.1 Å². The highest BCUT2D eigenvalue weighted by Gasteiger charge is 2.12. The van der Waals surface area contributed by atoms with Gasteiger partial charge >= 0.3 is 0 Å². The fourth-order valence-corrected chi connectivity index (χ4v) is 3.58. The minimum absolute atomic E-state index is 0.0122. The standard InChI is InChI=1S/C15H20N4OS2/c1-4-10-7-6-8-11(5-2)13(10)17-12(20)9-21-15-19-18-14(16-3)22-15/h6-8H,4-5,9H2,1-3H3,(H,16,18)(H,17,20). The molecule has 2 aromatic rings. The molecule has 7 heteroatoms. The predicted molar refractivity (Wildman–Crippen MR) is 94.0 cm³/mol. The third-order valence-electron chi connectivity index (χ3n) is 3.21. The van der Waals surface area contributed by atoms with Gasteiger partial charge in [0.1, 0.15) is 0 Å². The molecule has 1 heterocycles. The third kappa shape index (κ3) is 4.20. The van der Waals surface area contributed by atoms with Crippen molar-refractivity contribution >= 4 is 39.8 Å². The van der Waals surface area contributed by atoms with Crippen molar-refractivity contribution in [1.29, 1.82) is 0 Å². The van der Waals surface area contributed by atoms with E-state index in [1.807, 2.05) is 6.07 Å². The molecule has 0 aliphatic rings. The number of nitrogens with one attached hydrogen (secondary N) is 2. The van der Waals surface area contributed by atoms with Gasteiger partial charge in [0, 0.05) is 12.7 Å². The van der Waals surface area contributed by atoms with Crippen LogP contribution in [-0.4, -0.2) is 28.9 Å². The Morgan fingerprint density at radius 2 is 1.91 bits per heavy atom. The number of benzene rings is 1. The van der Waals surface area contributed by atoms with Gasteiger partial charge in [-0.15, -0.1) is 10.2 Å². The van der Waals surface area contributed by atoms with E-state index in [1.165, 1.54) is 34.2 Å². The van der Waals surface area contributed by atoms with Gasteiger partial charge < -0.3 is 10.6 Å². The SMILES string of the molecule is CCc1cccc(CC)c1NC(=O)CSc1nnc(NC)s1. The second kappa shape index (κ2) is 8.14. The zero-order valence-electron chi connectivity index (χ0n) is 13.0. The minimum Gasteiger partial charge on any atom is -0.363 e. The summed E-state index contributed by atoms with van der Waals surface area (Å²) >= 11 is 2.85. The molecule has 0 aliphatic heterocycles. The van der Waals surface area contributed by atoms with Gasteiger partial charge in [-0.05, 0) is 24.0 Å². The van der Waals surface area contributed by atoms with Crippen LogP contribution in [0.25, 0.3) is 0 Å². The third-order valence-corrected chi connectivity index (χ3v) is 5.28. The number of aromatic nitrogens is 2. The molecule has 118 valence electrons. The zero-order valence-corrected chi connectivity index (χ0v) is 14.6. The highest BCUT2D eigenvalue weighted by atomic mass is 32.2. The number of nitrogens with zero attached hydrogens (tertiary/aromatic N) is 2. The highest BCUT2D eigenvalue weighted by Crippen LogP contribution is 2.26. The van der Waals surface area contributed by atoms with E-state index in [2.05, 4.69) is 46.8 Å². The van der Waals surface area contributed by atoms with Crippen LogP contribution < -0.4 is 10.6 Å². The molecule has 0 saturated heterocycles. The van der Waals surface area contributed by atoms with Gasteiger partial charge in [-0.3, -0.25) is 4.79 Å². The minimum atomic E-state index is -0.0122. The van der Waals surface area contributed by atoms with Crippen LogP contribution in [0.4, 0.5) is 10.8 Å². The average molecular weight is 336 g/mol. The summed E-state index contributed by atoms with van der Waals surface area (Å²) in [6.07, 6.45) is 1.80. The van der Waals surface area contributed by atoms with Crippen molar-refractivity contribution < 1.29 is 4.79 Å². The van der Waals surface area contributed by atoms with Crippen molar-refractivity contribution in [2.45, 2.75) is 31.0 Å². The first-order chi connectivity index (χ1) is 10.7. The molecule has 0 spiro atoms. The first-order valence-electron chi connectivity index (χ1n) is 7.22. The van der Waals surface area contributed by atoms with Crippen molar-refractivity contribution in [2.24, 2.45) is 0 Å². The van der Waals surface area contributed by atoms with Crippen molar-refractivity contribution in [3.63, 3.8) is 0 Å². The molecule has 0 unspecified atom stereocenters. The Morgan fingerprint density at radius 1 is 1.23 bits per heavy atom. The molecule has 22 heavy (non-hydrogen) atoms. The highest BCUT2D eigenvalue weighted by molar-refractivity contribution is 8.01. The van der Waals surface area contributed by atoms with Crippen LogP contribution in [0, 0.1) is 0 Å². The molecule has 0 fully saturated rings. The summed E-state index contributed by atoms with van der Waals surface area (Å²) in [6, 6.07) is 6.17. The smallest absolute Gasteiger partial charge is 0.234 e. The largest absolute Gasteiger partial charge is 0.363 e. The van der Waals surface area contributed by atoms with Crippen molar-refractivity contribution in [2.75, 3.05) is 23.4 Å². The van der Waals surface area contributed by atoms with Crippen molar-refractivity contribution in [3.05, 3.63) is 29.3 Å². The van der Waals surface area contributed by atoms with Crippen LogP contribution in [0.1, 0.15) is 25.0 Å². The van der Waals surface area contributed by atoms with Gasteiger partial charge in [0.2, 0.25) is 11.0 Å². The fraction of sp³-hybridized carbons (Fsp3) is 0.400. The molecule has 0 saturated carbocycles. The van der Waals surface area contributed by atoms with E-state index < -0.39 is 0 Å². The molecule has 1 aromatic carbocycles. The Kier molecular flexibility index (Phi) is 6.21.